The Morgan fingerprint density at radius 1 is 1.35 bits per heavy atom. The maximum Gasteiger partial charge on any atom is 0.119 e. The first-order chi connectivity index (χ1) is 8.15. The summed E-state index contributed by atoms with van der Waals surface area (Å²) in [6, 6.07) is 7.55. The molecule has 1 saturated heterocycles. The van der Waals surface area contributed by atoms with Crippen LogP contribution < -0.4 is 4.74 Å². The minimum atomic E-state index is -0.428. The van der Waals surface area contributed by atoms with Gasteiger partial charge in [-0.05, 0) is 44.4 Å². The third-order valence-corrected chi connectivity index (χ3v) is 3.12. The summed E-state index contributed by atoms with van der Waals surface area (Å²) in [6.45, 7) is 4.46. The highest BCUT2D eigenvalue weighted by Gasteiger charge is 2.22. The van der Waals surface area contributed by atoms with Crippen LogP contribution in [0.5, 0.6) is 5.75 Å². The Bertz CT molecular complexity index is 345. The third kappa shape index (κ3) is 3.45. The second-order valence-corrected chi connectivity index (χ2v) is 4.70. The van der Waals surface area contributed by atoms with E-state index in [1.54, 1.807) is 6.92 Å². The highest BCUT2D eigenvalue weighted by molar-refractivity contribution is 5.28. The zero-order valence-corrected chi connectivity index (χ0v) is 10.4. The molecule has 0 amide bonds. The average Bonchev–Trinajstić information content (AvgIpc) is 2.73. The first kappa shape index (κ1) is 12.4. The fourth-order valence-corrected chi connectivity index (χ4v) is 2.04. The number of hydrogen-bond acceptors (Lipinski definition) is 3. The van der Waals surface area contributed by atoms with Gasteiger partial charge in [-0.2, -0.15) is 0 Å². The normalized spacial score (nSPS) is 25.8. The van der Waals surface area contributed by atoms with Crippen molar-refractivity contribution in [3.63, 3.8) is 0 Å². The lowest BCUT2D eigenvalue weighted by molar-refractivity contribution is 0.0264. The van der Waals surface area contributed by atoms with Crippen molar-refractivity contribution >= 4 is 0 Å². The molecule has 0 bridgehead atoms. The Labute approximate surface area is 102 Å². The number of ether oxygens (including phenoxy) is 2. The van der Waals surface area contributed by atoms with Gasteiger partial charge in [-0.15, -0.1) is 0 Å². The molecule has 94 valence electrons. The number of aliphatic hydroxyl groups excluding tert-OH is 1. The summed E-state index contributed by atoms with van der Waals surface area (Å²) in [4.78, 5) is 0. The van der Waals surface area contributed by atoms with E-state index in [-0.39, 0.29) is 6.10 Å². The van der Waals surface area contributed by atoms with Gasteiger partial charge in [-0.1, -0.05) is 12.1 Å². The van der Waals surface area contributed by atoms with Crippen LogP contribution in [-0.2, 0) is 4.74 Å². The van der Waals surface area contributed by atoms with Gasteiger partial charge in [-0.3, -0.25) is 0 Å². The maximum absolute atomic E-state index is 9.39. The summed E-state index contributed by atoms with van der Waals surface area (Å²) in [7, 11) is 0. The molecule has 1 N–H and O–H groups in total. The van der Waals surface area contributed by atoms with Gasteiger partial charge in [-0.25, -0.2) is 0 Å². The summed E-state index contributed by atoms with van der Waals surface area (Å²) < 4.78 is 11.3. The lowest BCUT2D eigenvalue weighted by Gasteiger charge is -2.13. The summed E-state index contributed by atoms with van der Waals surface area (Å²) in [5, 5.41) is 9.39. The summed E-state index contributed by atoms with van der Waals surface area (Å²) in [5.74, 6) is 0.831. The fourth-order valence-electron chi connectivity index (χ4n) is 2.04. The molecule has 3 unspecified atom stereocenters. The molecule has 0 aliphatic carbocycles. The molecule has 3 atom stereocenters. The molecule has 1 heterocycles. The highest BCUT2D eigenvalue weighted by Crippen LogP contribution is 2.21. The molecule has 0 spiro atoms. The fraction of sp³-hybridized carbons (Fsp3) is 0.571. The second-order valence-electron chi connectivity index (χ2n) is 4.70. The Balaban J connectivity index is 1.83. The quantitative estimate of drug-likeness (QED) is 0.873. The van der Waals surface area contributed by atoms with Gasteiger partial charge in [0.25, 0.3) is 0 Å². The van der Waals surface area contributed by atoms with E-state index in [1.807, 2.05) is 24.3 Å². The minimum Gasteiger partial charge on any atom is -0.491 e. The van der Waals surface area contributed by atoms with Crippen LogP contribution in [0.1, 0.15) is 38.4 Å². The Hall–Kier alpha value is -1.06. The average molecular weight is 236 g/mol. The van der Waals surface area contributed by atoms with E-state index in [0.717, 1.165) is 24.2 Å². The molecule has 1 aromatic carbocycles. The molecular weight excluding hydrogens is 216 g/mol. The van der Waals surface area contributed by atoms with E-state index in [4.69, 9.17) is 9.47 Å². The van der Waals surface area contributed by atoms with Gasteiger partial charge in [0.1, 0.15) is 12.4 Å². The van der Waals surface area contributed by atoms with E-state index in [1.165, 1.54) is 0 Å². The zero-order chi connectivity index (χ0) is 12.3. The van der Waals surface area contributed by atoms with Crippen molar-refractivity contribution in [2.24, 2.45) is 0 Å². The minimum absolute atomic E-state index is 0.224. The molecule has 17 heavy (non-hydrogen) atoms. The van der Waals surface area contributed by atoms with E-state index in [2.05, 4.69) is 6.92 Å². The van der Waals surface area contributed by atoms with Crippen molar-refractivity contribution in [2.45, 2.75) is 45.0 Å². The van der Waals surface area contributed by atoms with Crippen LogP contribution >= 0.6 is 0 Å². The predicted molar refractivity (Wildman–Crippen MR) is 66.1 cm³/mol. The van der Waals surface area contributed by atoms with Gasteiger partial charge >= 0.3 is 0 Å². The van der Waals surface area contributed by atoms with Gasteiger partial charge < -0.3 is 14.6 Å². The van der Waals surface area contributed by atoms with Crippen LogP contribution in [0.3, 0.4) is 0 Å². The number of benzene rings is 1. The molecule has 0 radical (unpaired) electrons. The Kier molecular flexibility index (Phi) is 4.02. The van der Waals surface area contributed by atoms with Crippen LogP contribution in [0, 0.1) is 0 Å². The van der Waals surface area contributed by atoms with Crippen molar-refractivity contribution in [1.29, 1.82) is 0 Å². The van der Waals surface area contributed by atoms with Crippen molar-refractivity contribution in [3.8, 4) is 5.75 Å². The predicted octanol–water partition coefficient (Wildman–Crippen LogP) is 2.69. The molecule has 2 rings (SSSR count). The first-order valence-electron chi connectivity index (χ1n) is 6.21. The Morgan fingerprint density at radius 2 is 2.06 bits per heavy atom. The summed E-state index contributed by atoms with van der Waals surface area (Å²) in [6.07, 6.45) is 2.35. The van der Waals surface area contributed by atoms with Crippen molar-refractivity contribution in [3.05, 3.63) is 29.8 Å². The van der Waals surface area contributed by atoms with Gasteiger partial charge in [0, 0.05) is 0 Å². The van der Waals surface area contributed by atoms with Crippen LogP contribution in [0.15, 0.2) is 24.3 Å². The highest BCUT2D eigenvalue weighted by atomic mass is 16.5. The lowest BCUT2D eigenvalue weighted by Crippen LogP contribution is -2.17. The zero-order valence-electron chi connectivity index (χ0n) is 10.4. The molecule has 0 saturated carbocycles. The molecule has 1 aliphatic rings. The molecule has 0 aromatic heterocycles. The molecule has 1 aromatic rings. The molecule has 3 heteroatoms. The van der Waals surface area contributed by atoms with E-state index >= 15 is 0 Å². The monoisotopic (exact) mass is 236 g/mol. The standard InChI is InChI=1S/C14H20O3/c1-10-3-6-14(17-10)9-16-13-7-4-12(5-8-13)11(2)15/h4-5,7-8,10-11,14-15H,3,6,9H2,1-2H3. The van der Waals surface area contributed by atoms with E-state index in [9.17, 15) is 5.11 Å². The third-order valence-electron chi connectivity index (χ3n) is 3.12. The number of aliphatic hydroxyl groups is 1. The van der Waals surface area contributed by atoms with Crippen molar-refractivity contribution < 1.29 is 14.6 Å². The van der Waals surface area contributed by atoms with E-state index < -0.39 is 6.10 Å². The van der Waals surface area contributed by atoms with Crippen LogP contribution in [-0.4, -0.2) is 23.9 Å². The molecule has 1 fully saturated rings. The molecule has 1 aliphatic heterocycles. The molecule has 3 nitrogen and oxygen atoms in total. The SMILES string of the molecule is CC1CCC(COc2ccc(C(C)O)cc2)O1. The largest absolute Gasteiger partial charge is 0.491 e. The topological polar surface area (TPSA) is 38.7 Å². The molecular formula is C14H20O3. The van der Waals surface area contributed by atoms with Crippen LogP contribution in [0.25, 0.3) is 0 Å². The van der Waals surface area contributed by atoms with Crippen LogP contribution in [0.2, 0.25) is 0 Å². The first-order valence-corrected chi connectivity index (χ1v) is 6.21. The van der Waals surface area contributed by atoms with Gasteiger partial charge in [0.15, 0.2) is 0 Å². The number of rotatable bonds is 4. The smallest absolute Gasteiger partial charge is 0.119 e. The van der Waals surface area contributed by atoms with Crippen LogP contribution in [0.4, 0.5) is 0 Å². The van der Waals surface area contributed by atoms with Gasteiger partial charge in [0.05, 0.1) is 18.3 Å². The summed E-state index contributed by atoms with van der Waals surface area (Å²) >= 11 is 0. The van der Waals surface area contributed by atoms with E-state index in [0.29, 0.717) is 12.7 Å². The number of hydrogen-bond donors (Lipinski definition) is 1. The second kappa shape index (κ2) is 5.52. The lowest BCUT2D eigenvalue weighted by atomic mass is 10.1. The summed E-state index contributed by atoms with van der Waals surface area (Å²) in [5.41, 5.74) is 0.906. The van der Waals surface area contributed by atoms with Crippen molar-refractivity contribution in [1.82, 2.24) is 0 Å². The van der Waals surface area contributed by atoms with Crippen molar-refractivity contribution in [2.75, 3.05) is 6.61 Å². The Morgan fingerprint density at radius 3 is 2.59 bits per heavy atom. The maximum atomic E-state index is 9.39. The van der Waals surface area contributed by atoms with Gasteiger partial charge in [0.2, 0.25) is 0 Å².